The van der Waals surface area contributed by atoms with E-state index >= 15 is 0 Å². The smallest absolute Gasteiger partial charge is 0.119 e. The molecule has 0 amide bonds. The van der Waals surface area contributed by atoms with Crippen LogP contribution in [0.2, 0.25) is 0 Å². The van der Waals surface area contributed by atoms with Crippen molar-refractivity contribution in [3.63, 3.8) is 0 Å². The van der Waals surface area contributed by atoms with Crippen LogP contribution >= 0.6 is 0 Å². The molecule has 0 bridgehead atoms. The average molecular weight is 763 g/mol. The number of phenolic OH excluding ortho intramolecular Hbond substituents is 1. The number of benzene rings is 1. The Kier molecular flexibility index (Phi) is 40.5. The van der Waals surface area contributed by atoms with Gasteiger partial charge in [0.15, 0.2) is 0 Å². The second-order valence-corrected chi connectivity index (χ2v) is 10.8. The zero-order valence-corrected chi connectivity index (χ0v) is 30.3. The first-order valence-electron chi connectivity index (χ1n) is 15.6. The molecule has 0 spiro atoms. The summed E-state index contributed by atoms with van der Waals surface area (Å²) < 4.78 is 0. The number of hydrogen-bond acceptors (Lipinski definition) is 1. The Morgan fingerprint density at radius 3 is 1.13 bits per heavy atom. The summed E-state index contributed by atoms with van der Waals surface area (Å²) in [7, 11) is 0. The van der Waals surface area contributed by atoms with Crippen LogP contribution in [0.1, 0.15) is 172 Å². The second kappa shape index (κ2) is 33.8. The first-order valence-corrected chi connectivity index (χ1v) is 15.6. The molecule has 0 aliphatic rings. The van der Waals surface area contributed by atoms with Crippen molar-refractivity contribution < 1.29 is 63.4 Å². The number of unbranched alkanes of at least 4 members (excludes halogenated alkanes) is 18. The van der Waals surface area contributed by atoms with Crippen molar-refractivity contribution >= 4 is 0 Å². The fraction of sp³-hybridized carbons (Fsp3) is 0.818. The Morgan fingerprint density at radius 1 is 0.421 bits per heavy atom. The van der Waals surface area contributed by atoms with Gasteiger partial charge in [-0.2, -0.15) is 0 Å². The molecule has 0 aliphatic carbocycles. The first-order chi connectivity index (χ1) is 16.7. The molecule has 0 saturated heterocycles. The van der Waals surface area contributed by atoms with E-state index in [0.29, 0.717) is 5.75 Å². The summed E-state index contributed by atoms with van der Waals surface area (Å²) in [4.78, 5) is 0. The largest absolute Gasteiger partial charge is 1.00 e. The molecule has 1 aromatic rings. The summed E-state index contributed by atoms with van der Waals surface area (Å²) in [5.41, 5.74) is 4.35. The summed E-state index contributed by atoms with van der Waals surface area (Å²) in [6.07, 6.45) is 31.9. The summed E-state index contributed by atoms with van der Waals surface area (Å²) >= 11 is 0. The summed E-state index contributed by atoms with van der Waals surface area (Å²) in [6.45, 7) is 6.87. The maximum absolute atomic E-state index is 10.8. The van der Waals surface area contributed by atoms with Crippen LogP contribution in [-0.4, -0.2) is 5.11 Å². The fourth-order valence-corrected chi connectivity index (χ4v) is 5.34. The van der Waals surface area contributed by atoms with Crippen LogP contribution in [0.25, 0.3) is 0 Å². The van der Waals surface area contributed by atoms with Gasteiger partial charge in [0, 0.05) is 21.1 Å². The zero-order valence-electron chi connectivity index (χ0n) is 25.1. The van der Waals surface area contributed by atoms with E-state index in [0.717, 1.165) is 6.42 Å². The minimum Gasteiger partial charge on any atom is -1.00 e. The minimum atomic E-state index is 0. The van der Waals surface area contributed by atoms with Crippen LogP contribution < -0.4 is 37.2 Å². The normalized spacial score (nSPS) is 10.2. The Hall–Kier alpha value is 0.578. The third kappa shape index (κ3) is 23.3. The molecule has 38 heavy (non-hydrogen) atoms. The predicted octanol–water partition coefficient (Wildman–Crippen LogP) is 2.28. The van der Waals surface area contributed by atoms with Gasteiger partial charge in [-0.25, -0.2) is 0 Å². The van der Waals surface area contributed by atoms with Crippen LogP contribution in [0.15, 0.2) is 12.1 Å². The van der Waals surface area contributed by atoms with Crippen molar-refractivity contribution in [1.82, 2.24) is 0 Å². The van der Waals surface area contributed by atoms with E-state index in [9.17, 15) is 5.11 Å². The number of aryl methyl sites for hydroxylation is 1. The molecule has 0 aliphatic heterocycles. The topological polar surface area (TPSA) is 20.2 Å². The van der Waals surface area contributed by atoms with Crippen molar-refractivity contribution in [1.29, 1.82) is 0 Å². The summed E-state index contributed by atoms with van der Waals surface area (Å²) in [5, 5.41) is 10.8. The second-order valence-electron chi connectivity index (χ2n) is 10.8. The molecular weight excluding hydrogens is 703 g/mol. The Morgan fingerprint density at radius 2 is 0.737 bits per heavy atom. The minimum absolute atomic E-state index is 0. The maximum Gasteiger partial charge on any atom is 0.119 e. The summed E-state index contributed by atoms with van der Waals surface area (Å²) in [6, 6.07) is 4.25. The monoisotopic (exact) mass is 761 g/mol. The van der Waals surface area contributed by atoms with Crippen molar-refractivity contribution in [2.24, 2.45) is 0 Å². The van der Waals surface area contributed by atoms with Crippen LogP contribution in [0.4, 0.5) is 0 Å². The van der Waals surface area contributed by atoms with E-state index in [-0.39, 0.29) is 58.3 Å². The summed E-state index contributed by atoms with van der Waals surface area (Å²) in [5.74, 6) is 0.562. The molecule has 228 valence electrons. The molecule has 0 radical (unpaired) electrons. The number of halogens is 3. The van der Waals surface area contributed by atoms with E-state index in [1.165, 1.54) is 164 Å². The van der Waals surface area contributed by atoms with Gasteiger partial charge in [0.1, 0.15) is 5.75 Å². The molecule has 0 aromatic heterocycles. The number of phenols is 1. The predicted molar refractivity (Wildman–Crippen MR) is 153 cm³/mol. The van der Waals surface area contributed by atoms with E-state index in [4.69, 9.17) is 0 Å². The van der Waals surface area contributed by atoms with Gasteiger partial charge in [-0.05, 0) is 61.3 Å². The molecule has 1 aromatic carbocycles. The van der Waals surface area contributed by atoms with Gasteiger partial charge < -0.3 is 42.3 Å². The molecular formula is C33H60Cl3OW-3. The van der Waals surface area contributed by atoms with Crippen molar-refractivity contribution in [3.8, 4) is 5.75 Å². The van der Waals surface area contributed by atoms with Crippen LogP contribution in [0.5, 0.6) is 5.75 Å². The van der Waals surface area contributed by atoms with Gasteiger partial charge in [-0.15, -0.1) is 0 Å². The maximum atomic E-state index is 10.8. The van der Waals surface area contributed by atoms with Crippen molar-refractivity contribution in [2.45, 2.75) is 175 Å². The fourth-order valence-electron chi connectivity index (χ4n) is 5.34. The molecule has 1 N–H and O–H groups in total. The molecule has 0 heterocycles. The molecule has 1 nitrogen and oxygen atoms in total. The van der Waals surface area contributed by atoms with Crippen LogP contribution in [0, 0.1) is 0 Å². The van der Waals surface area contributed by atoms with E-state index < -0.39 is 0 Å². The SMILES string of the molecule is CCCCCCCCCc1ccc(O)c(CCCCCCCCC)c1CCCCCCCCC.[Cl-].[Cl-].[Cl-].[W]. The molecule has 0 atom stereocenters. The average Bonchev–Trinajstić information content (AvgIpc) is 2.84. The quantitative estimate of drug-likeness (QED) is 0.161. The Labute approximate surface area is 271 Å². The van der Waals surface area contributed by atoms with Gasteiger partial charge >= 0.3 is 0 Å². The zero-order chi connectivity index (χ0) is 24.7. The van der Waals surface area contributed by atoms with Gasteiger partial charge in [0.05, 0.1) is 0 Å². The van der Waals surface area contributed by atoms with E-state index in [1.807, 2.05) is 6.07 Å². The van der Waals surface area contributed by atoms with Crippen molar-refractivity contribution in [2.75, 3.05) is 0 Å². The van der Waals surface area contributed by atoms with Gasteiger partial charge in [-0.1, -0.05) is 142 Å². The number of hydrogen-bond donors (Lipinski definition) is 1. The van der Waals surface area contributed by atoms with Gasteiger partial charge in [0.25, 0.3) is 0 Å². The molecule has 0 unspecified atom stereocenters. The number of aromatic hydroxyl groups is 1. The molecule has 0 saturated carbocycles. The molecule has 0 fully saturated rings. The Bertz CT molecular complexity index is 598. The van der Waals surface area contributed by atoms with E-state index in [1.54, 1.807) is 0 Å². The van der Waals surface area contributed by atoms with E-state index in [2.05, 4.69) is 26.8 Å². The number of rotatable bonds is 24. The van der Waals surface area contributed by atoms with Crippen LogP contribution in [-0.2, 0) is 40.3 Å². The molecule has 5 heteroatoms. The van der Waals surface area contributed by atoms with Gasteiger partial charge in [0.2, 0.25) is 0 Å². The van der Waals surface area contributed by atoms with Gasteiger partial charge in [-0.3, -0.25) is 0 Å². The Balaban J connectivity index is -0.00000144. The van der Waals surface area contributed by atoms with Crippen molar-refractivity contribution in [3.05, 3.63) is 28.8 Å². The first kappa shape index (κ1) is 45.6. The standard InChI is InChI=1S/C33H60O.3ClH.W/c1-4-7-10-13-16-19-22-25-30-28-29-33(34)32(27-24-21-18-15-12-9-6-3)31(30)26-23-20-17-14-11-8-5-2;;;;/h28-29,34H,4-27H2,1-3H3;3*1H;/p-3. The molecule has 1 rings (SSSR count). The third-order valence-corrected chi connectivity index (χ3v) is 7.61. The third-order valence-electron chi connectivity index (χ3n) is 7.61. The van der Waals surface area contributed by atoms with Crippen LogP contribution in [0.3, 0.4) is 0 Å².